The van der Waals surface area contributed by atoms with Gasteiger partial charge in [-0.3, -0.25) is 0 Å². The largest absolute Gasteiger partial charge is 0.506 e. The number of hydrogen-bond acceptors (Lipinski definition) is 5. The number of fused-ring (bicyclic) bond motifs is 1. The number of carboxylic acids is 1. The van der Waals surface area contributed by atoms with Gasteiger partial charge >= 0.3 is 5.97 Å². The molecule has 3 rings (SSSR count). The molecule has 0 saturated carbocycles. The summed E-state index contributed by atoms with van der Waals surface area (Å²) in [5, 5.41) is 24.1. The Morgan fingerprint density at radius 3 is 2.60 bits per heavy atom. The number of hydrogen-bond donors (Lipinski definition) is 3. The average molecular weight is 358 g/mol. The number of aromatic hydroxyl groups is 1. The second-order valence-electron chi connectivity index (χ2n) is 5.86. The van der Waals surface area contributed by atoms with Crippen molar-refractivity contribution in [2.24, 2.45) is 0 Å². The molecule has 1 heterocycles. The van der Waals surface area contributed by atoms with E-state index in [1.165, 1.54) is 6.20 Å². The molecule has 0 bridgehead atoms. The fourth-order valence-electron chi connectivity index (χ4n) is 2.58. The molecule has 3 aromatic rings. The molecule has 128 valence electrons. The minimum atomic E-state index is -1.27. The maximum Gasteiger partial charge on any atom is 0.341 e. The summed E-state index contributed by atoms with van der Waals surface area (Å²) >= 11 is 6.20. The Kier molecular flexibility index (Phi) is 4.46. The Bertz CT molecular complexity index is 973. The second-order valence-corrected chi connectivity index (χ2v) is 6.27. The molecule has 0 aliphatic carbocycles. The highest BCUT2D eigenvalue weighted by Gasteiger charge is 2.22. The highest BCUT2D eigenvalue weighted by molar-refractivity contribution is 6.33. The first-order chi connectivity index (χ1) is 11.9. The van der Waals surface area contributed by atoms with Crippen LogP contribution in [0.2, 0.25) is 5.02 Å². The van der Waals surface area contributed by atoms with Crippen LogP contribution in [0, 0.1) is 0 Å². The smallest absolute Gasteiger partial charge is 0.341 e. The van der Waals surface area contributed by atoms with E-state index in [0.29, 0.717) is 27.5 Å². The number of rotatable bonds is 4. The molecule has 0 aliphatic rings. The summed E-state index contributed by atoms with van der Waals surface area (Å²) in [6.07, 6.45) is 1.53. The number of benzene rings is 2. The summed E-state index contributed by atoms with van der Waals surface area (Å²) in [4.78, 5) is 20.2. The molecule has 0 spiro atoms. The number of nitrogens with zero attached hydrogens (tertiary/aromatic N) is 2. The van der Waals surface area contributed by atoms with Crippen LogP contribution in [0.15, 0.2) is 36.5 Å². The first kappa shape index (κ1) is 17.0. The molecule has 0 amide bonds. The molecule has 2 aromatic carbocycles. The first-order valence-corrected chi connectivity index (χ1v) is 8.03. The minimum Gasteiger partial charge on any atom is -0.506 e. The van der Waals surface area contributed by atoms with Crippen LogP contribution >= 0.6 is 11.6 Å². The van der Waals surface area contributed by atoms with Gasteiger partial charge in [-0.1, -0.05) is 29.8 Å². The molecule has 1 aromatic heterocycles. The zero-order chi connectivity index (χ0) is 18.1. The number of carbonyl (C=O) groups is 1. The Morgan fingerprint density at radius 2 is 1.96 bits per heavy atom. The Balaban J connectivity index is 2.31. The molecule has 7 heteroatoms. The standard InChI is InChI=1S/C18H16ClN3O3/c1-9(2)21-18-20-8-10-7-12(11-5-3-4-6-13(11)19)16(23)14(17(24)25)15(10)22-18/h3-9,23H,1-2H3,(H,24,25)(H,20,21,22). The van der Waals surface area contributed by atoms with Gasteiger partial charge in [-0.2, -0.15) is 0 Å². The SMILES string of the molecule is CC(C)Nc1ncc2cc(-c3ccccc3Cl)c(O)c(C(=O)O)c2n1. The van der Waals surface area contributed by atoms with Gasteiger partial charge < -0.3 is 15.5 Å². The lowest BCUT2D eigenvalue weighted by atomic mass is 9.98. The van der Waals surface area contributed by atoms with E-state index in [1.807, 2.05) is 13.8 Å². The number of aromatic carboxylic acids is 1. The van der Waals surface area contributed by atoms with Crippen molar-refractivity contribution in [3.8, 4) is 16.9 Å². The second kappa shape index (κ2) is 6.57. The van der Waals surface area contributed by atoms with Crippen LogP contribution < -0.4 is 5.32 Å². The fourth-order valence-corrected chi connectivity index (χ4v) is 2.82. The fraction of sp³-hybridized carbons (Fsp3) is 0.167. The van der Waals surface area contributed by atoms with E-state index in [-0.39, 0.29) is 22.9 Å². The molecule has 0 radical (unpaired) electrons. The third kappa shape index (κ3) is 3.21. The van der Waals surface area contributed by atoms with E-state index in [4.69, 9.17) is 11.6 Å². The third-order valence-corrected chi connectivity index (χ3v) is 3.97. The number of halogens is 1. The molecule has 25 heavy (non-hydrogen) atoms. The lowest BCUT2D eigenvalue weighted by Crippen LogP contribution is -2.13. The van der Waals surface area contributed by atoms with E-state index >= 15 is 0 Å². The molecule has 0 unspecified atom stereocenters. The van der Waals surface area contributed by atoms with Crippen molar-refractivity contribution < 1.29 is 15.0 Å². The van der Waals surface area contributed by atoms with Crippen molar-refractivity contribution in [2.75, 3.05) is 5.32 Å². The number of anilines is 1. The van der Waals surface area contributed by atoms with Crippen LogP contribution in [0.3, 0.4) is 0 Å². The van der Waals surface area contributed by atoms with Crippen LogP contribution in [-0.4, -0.2) is 32.2 Å². The quantitative estimate of drug-likeness (QED) is 0.648. The topological polar surface area (TPSA) is 95.3 Å². The van der Waals surface area contributed by atoms with Crippen molar-refractivity contribution in [3.05, 3.63) is 47.1 Å². The number of phenols is 1. The van der Waals surface area contributed by atoms with Gasteiger partial charge in [0, 0.05) is 33.8 Å². The summed E-state index contributed by atoms with van der Waals surface area (Å²) in [6.45, 7) is 3.84. The monoisotopic (exact) mass is 357 g/mol. The first-order valence-electron chi connectivity index (χ1n) is 7.66. The van der Waals surface area contributed by atoms with Crippen LogP contribution in [0.1, 0.15) is 24.2 Å². The molecular weight excluding hydrogens is 342 g/mol. The number of carboxylic acid groups (broad SMARTS) is 1. The highest BCUT2D eigenvalue weighted by atomic mass is 35.5. The van der Waals surface area contributed by atoms with E-state index in [0.717, 1.165) is 0 Å². The average Bonchev–Trinajstić information content (AvgIpc) is 2.54. The van der Waals surface area contributed by atoms with E-state index < -0.39 is 5.97 Å². The normalized spacial score (nSPS) is 11.0. The van der Waals surface area contributed by atoms with Gasteiger partial charge in [0.2, 0.25) is 5.95 Å². The molecule has 6 nitrogen and oxygen atoms in total. The van der Waals surface area contributed by atoms with Gasteiger partial charge in [0.1, 0.15) is 11.3 Å². The van der Waals surface area contributed by atoms with Crippen LogP contribution in [0.25, 0.3) is 22.0 Å². The van der Waals surface area contributed by atoms with Crippen molar-refractivity contribution in [1.82, 2.24) is 9.97 Å². The lowest BCUT2D eigenvalue weighted by Gasteiger charge is -2.13. The predicted octanol–water partition coefficient (Wildman–Crippen LogP) is 4.17. The van der Waals surface area contributed by atoms with Crippen molar-refractivity contribution in [2.45, 2.75) is 19.9 Å². The van der Waals surface area contributed by atoms with Crippen LogP contribution in [0.4, 0.5) is 5.95 Å². The number of aromatic nitrogens is 2. The van der Waals surface area contributed by atoms with Crippen LogP contribution in [-0.2, 0) is 0 Å². The minimum absolute atomic E-state index is 0.0849. The molecule has 0 atom stereocenters. The molecule has 0 saturated heterocycles. The van der Waals surface area contributed by atoms with Gasteiger partial charge in [-0.25, -0.2) is 14.8 Å². The Labute approximate surface area is 149 Å². The zero-order valence-electron chi connectivity index (χ0n) is 13.6. The van der Waals surface area contributed by atoms with E-state index in [1.54, 1.807) is 30.3 Å². The third-order valence-electron chi connectivity index (χ3n) is 3.64. The van der Waals surface area contributed by atoms with Gasteiger partial charge in [0.25, 0.3) is 0 Å². The summed E-state index contributed by atoms with van der Waals surface area (Å²) < 4.78 is 0. The maximum absolute atomic E-state index is 11.8. The lowest BCUT2D eigenvalue weighted by molar-refractivity contribution is 0.0696. The van der Waals surface area contributed by atoms with Crippen molar-refractivity contribution in [3.63, 3.8) is 0 Å². The number of nitrogens with one attached hydrogen (secondary N) is 1. The van der Waals surface area contributed by atoms with Gasteiger partial charge in [0.05, 0.1) is 5.52 Å². The summed E-state index contributed by atoms with van der Waals surface area (Å²) in [6, 6.07) is 8.63. The van der Waals surface area contributed by atoms with Crippen molar-refractivity contribution >= 4 is 34.4 Å². The van der Waals surface area contributed by atoms with Gasteiger partial charge in [0.15, 0.2) is 0 Å². The van der Waals surface area contributed by atoms with E-state index in [9.17, 15) is 15.0 Å². The van der Waals surface area contributed by atoms with Gasteiger partial charge in [-0.05, 0) is 26.0 Å². The summed E-state index contributed by atoms with van der Waals surface area (Å²) in [7, 11) is 0. The maximum atomic E-state index is 11.8. The van der Waals surface area contributed by atoms with Gasteiger partial charge in [-0.15, -0.1) is 0 Å². The molecular formula is C18H16ClN3O3. The Hall–Kier alpha value is -2.86. The molecule has 0 aliphatic heterocycles. The van der Waals surface area contributed by atoms with Crippen LogP contribution in [0.5, 0.6) is 5.75 Å². The van der Waals surface area contributed by atoms with E-state index in [2.05, 4.69) is 15.3 Å². The Morgan fingerprint density at radius 1 is 1.24 bits per heavy atom. The summed E-state index contributed by atoms with van der Waals surface area (Å²) in [5.74, 6) is -1.34. The predicted molar refractivity (Wildman–Crippen MR) is 97.4 cm³/mol. The summed E-state index contributed by atoms with van der Waals surface area (Å²) in [5.41, 5.74) is 0.750. The molecule has 0 fully saturated rings. The van der Waals surface area contributed by atoms with Crippen molar-refractivity contribution in [1.29, 1.82) is 0 Å². The highest BCUT2D eigenvalue weighted by Crippen LogP contribution is 2.39. The molecule has 3 N–H and O–H groups in total. The zero-order valence-corrected chi connectivity index (χ0v) is 14.4.